The largest absolute Gasteiger partial charge is 0.293 e. The molecule has 0 atom stereocenters. The van der Waals surface area contributed by atoms with Gasteiger partial charge in [0.2, 0.25) is 0 Å². The Balaban J connectivity index is 3.98. The van der Waals surface area contributed by atoms with Gasteiger partial charge in [-0.1, -0.05) is 13.8 Å². The third-order valence-corrected chi connectivity index (χ3v) is 2.78. The fraction of sp³-hybridized carbons (Fsp3) is 0.733. The Morgan fingerprint density at radius 3 is 1.47 bits per heavy atom. The van der Waals surface area contributed by atoms with Crippen molar-refractivity contribution in [2.45, 2.75) is 59.8 Å². The van der Waals surface area contributed by atoms with E-state index < -0.39 is 0 Å². The van der Waals surface area contributed by atoms with E-state index in [1.807, 2.05) is 13.8 Å². The molecule has 0 fully saturated rings. The van der Waals surface area contributed by atoms with Crippen molar-refractivity contribution in [3.8, 4) is 0 Å². The first-order chi connectivity index (χ1) is 9.02. The summed E-state index contributed by atoms with van der Waals surface area (Å²) < 4.78 is 0. The molecule has 0 radical (unpaired) electrons. The van der Waals surface area contributed by atoms with Gasteiger partial charge < -0.3 is 0 Å². The first-order valence-corrected chi connectivity index (χ1v) is 7.11. The minimum absolute atomic E-state index is 0.125. The fourth-order valence-corrected chi connectivity index (χ4v) is 1.56. The normalized spacial score (nSPS) is 12.6. The average molecular weight is 266 g/mol. The molecule has 0 aromatic rings. The van der Waals surface area contributed by atoms with Gasteiger partial charge in [-0.3, -0.25) is 19.6 Å². The van der Waals surface area contributed by atoms with Gasteiger partial charge in [-0.25, -0.2) is 0 Å². The second kappa shape index (κ2) is 10.6. The lowest BCUT2D eigenvalue weighted by Gasteiger charge is -2.00. The number of aliphatic imine (C=N–C) groups is 2. The van der Waals surface area contributed by atoms with Gasteiger partial charge >= 0.3 is 0 Å². The van der Waals surface area contributed by atoms with E-state index in [0.29, 0.717) is 37.4 Å². The number of nitrogens with zero attached hydrogens (tertiary/aromatic N) is 2. The first kappa shape index (κ1) is 17.7. The Bertz CT molecular complexity index is 323. The van der Waals surface area contributed by atoms with Gasteiger partial charge in [0.05, 0.1) is 11.4 Å². The van der Waals surface area contributed by atoms with Gasteiger partial charge in [0.15, 0.2) is 11.6 Å². The molecule has 4 heteroatoms. The van der Waals surface area contributed by atoms with Crippen LogP contribution in [-0.4, -0.2) is 36.1 Å². The van der Waals surface area contributed by atoms with Gasteiger partial charge in [0, 0.05) is 25.9 Å². The van der Waals surface area contributed by atoms with Gasteiger partial charge in [0.1, 0.15) is 0 Å². The van der Waals surface area contributed by atoms with Crippen LogP contribution in [0.4, 0.5) is 0 Å². The summed E-state index contributed by atoms with van der Waals surface area (Å²) in [6.07, 6.45) is 3.62. The van der Waals surface area contributed by atoms with Crippen molar-refractivity contribution < 1.29 is 9.59 Å². The molecule has 0 heterocycles. The van der Waals surface area contributed by atoms with E-state index in [-0.39, 0.29) is 11.6 Å². The van der Waals surface area contributed by atoms with Crippen LogP contribution in [0.3, 0.4) is 0 Å². The standard InChI is InChI=1S/C15H26N2O2/c1-5-8-14(18)12(3)16-10-7-11-17-13(4)15(19)9-6-2/h5-11H2,1-4H3. The van der Waals surface area contributed by atoms with Gasteiger partial charge in [-0.15, -0.1) is 0 Å². The van der Waals surface area contributed by atoms with Crippen molar-refractivity contribution in [2.75, 3.05) is 13.1 Å². The third kappa shape index (κ3) is 8.41. The molecular weight excluding hydrogens is 240 g/mol. The first-order valence-electron chi connectivity index (χ1n) is 7.11. The summed E-state index contributed by atoms with van der Waals surface area (Å²) in [4.78, 5) is 31.4. The van der Waals surface area contributed by atoms with Gasteiger partial charge in [-0.05, 0) is 33.1 Å². The summed E-state index contributed by atoms with van der Waals surface area (Å²) in [7, 11) is 0. The van der Waals surface area contributed by atoms with Crippen LogP contribution >= 0.6 is 0 Å². The lowest BCUT2D eigenvalue weighted by molar-refractivity contribution is -0.113. The number of ketones is 2. The fourth-order valence-electron chi connectivity index (χ4n) is 1.56. The number of carbonyl (C=O) groups is 2. The molecule has 0 amide bonds. The van der Waals surface area contributed by atoms with E-state index in [9.17, 15) is 9.59 Å². The Hall–Kier alpha value is -1.32. The molecule has 0 saturated carbocycles. The summed E-state index contributed by atoms with van der Waals surface area (Å²) in [5, 5.41) is 0. The number of hydrogen-bond donors (Lipinski definition) is 0. The highest BCUT2D eigenvalue weighted by Crippen LogP contribution is 1.96. The van der Waals surface area contributed by atoms with Crippen molar-refractivity contribution in [2.24, 2.45) is 9.98 Å². The highest BCUT2D eigenvalue weighted by molar-refractivity contribution is 6.39. The van der Waals surface area contributed by atoms with Crippen LogP contribution in [0.15, 0.2) is 9.98 Å². The molecule has 4 nitrogen and oxygen atoms in total. The van der Waals surface area contributed by atoms with Gasteiger partial charge in [0.25, 0.3) is 0 Å². The van der Waals surface area contributed by atoms with Crippen LogP contribution in [0.2, 0.25) is 0 Å². The highest BCUT2D eigenvalue weighted by Gasteiger charge is 2.04. The Kier molecular flexibility index (Phi) is 9.85. The summed E-state index contributed by atoms with van der Waals surface area (Å²) in [6.45, 7) is 8.68. The third-order valence-electron chi connectivity index (χ3n) is 2.78. The highest BCUT2D eigenvalue weighted by atomic mass is 16.1. The molecule has 0 N–H and O–H groups in total. The molecule has 0 aliphatic rings. The maximum atomic E-state index is 11.5. The molecule has 108 valence electrons. The molecule has 0 unspecified atom stereocenters. The van der Waals surface area contributed by atoms with Crippen molar-refractivity contribution in [3.05, 3.63) is 0 Å². The van der Waals surface area contributed by atoms with E-state index >= 15 is 0 Å². The molecule has 0 saturated heterocycles. The van der Waals surface area contributed by atoms with Crippen LogP contribution in [0.1, 0.15) is 59.8 Å². The molecular formula is C15H26N2O2. The summed E-state index contributed by atoms with van der Waals surface area (Å²) >= 11 is 0. The molecule has 0 aromatic heterocycles. The van der Waals surface area contributed by atoms with E-state index in [2.05, 4.69) is 9.98 Å². The minimum Gasteiger partial charge on any atom is -0.293 e. The van der Waals surface area contributed by atoms with E-state index in [1.165, 1.54) is 0 Å². The predicted molar refractivity (Wildman–Crippen MR) is 80.4 cm³/mol. The second-order valence-electron chi connectivity index (χ2n) is 4.63. The monoisotopic (exact) mass is 266 g/mol. The molecule has 0 rings (SSSR count). The molecule has 0 aliphatic heterocycles. The molecule has 0 spiro atoms. The molecule has 0 aliphatic carbocycles. The van der Waals surface area contributed by atoms with Crippen LogP contribution in [0.5, 0.6) is 0 Å². The van der Waals surface area contributed by atoms with E-state index in [1.54, 1.807) is 13.8 Å². The summed E-state index contributed by atoms with van der Waals surface area (Å²) in [6, 6.07) is 0. The molecule has 19 heavy (non-hydrogen) atoms. The number of rotatable bonds is 10. The van der Waals surface area contributed by atoms with Crippen LogP contribution < -0.4 is 0 Å². The Morgan fingerprint density at radius 1 is 0.789 bits per heavy atom. The van der Waals surface area contributed by atoms with Crippen molar-refractivity contribution in [1.82, 2.24) is 0 Å². The van der Waals surface area contributed by atoms with Crippen molar-refractivity contribution in [3.63, 3.8) is 0 Å². The van der Waals surface area contributed by atoms with E-state index in [4.69, 9.17) is 0 Å². The van der Waals surface area contributed by atoms with E-state index in [0.717, 1.165) is 19.3 Å². The maximum absolute atomic E-state index is 11.5. The van der Waals surface area contributed by atoms with Crippen molar-refractivity contribution >= 4 is 23.0 Å². The van der Waals surface area contributed by atoms with Crippen LogP contribution in [0, 0.1) is 0 Å². The minimum atomic E-state index is 0.125. The lowest BCUT2D eigenvalue weighted by Crippen LogP contribution is -2.11. The van der Waals surface area contributed by atoms with Crippen LogP contribution in [0.25, 0.3) is 0 Å². The molecule has 0 bridgehead atoms. The number of carbonyl (C=O) groups excluding carboxylic acids is 2. The summed E-state index contributed by atoms with van der Waals surface area (Å²) in [5.41, 5.74) is 1.20. The number of Topliss-reactive ketones (excluding diaryl/α,β-unsaturated/α-hetero) is 2. The second-order valence-corrected chi connectivity index (χ2v) is 4.63. The van der Waals surface area contributed by atoms with Gasteiger partial charge in [-0.2, -0.15) is 0 Å². The topological polar surface area (TPSA) is 58.9 Å². The SMILES string of the molecule is CCCC(=O)C(C)=NCCCN=C(C)C(=O)CCC. The van der Waals surface area contributed by atoms with Crippen molar-refractivity contribution in [1.29, 1.82) is 0 Å². The Morgan fingerprint density at radius 2 is 1.16 bits per heavy atom. The average Bonchev–Trinajstić information content (AvgIpc) is 2.38. The zero-order valence-corrected chi connectivity index (χ0v) is 12.7. The molecule has 0 aromatic carbocycles. The zero-order chi connectivity index (χ0) is 14.7. The zero-order valence-electron chi connectivity index (χ0n) is 12.7. The maximum Gasteiger partial charge on any atom is 0.176 e. The number of hydrogen-bond acceptors (Lipinski definition) is 4. The smallest absolute Gasteiger partial charge is 0.176 e. The Labute approximate surface area is 116 Å². The predicted octanol–water partition coefficient (Wildman–Crippen LogP) is 3.04. The van der Waals surface area contributed by atoms with Crippen LogP contribution in [-0.2, 0) is 9.59 Å². The summed E-state index contributed by atoms with van der Waals surface area (Å²) in [5.74, 6) is 0.251. The lowest BCUT2D eigenvalue weighted by atomic mass is 10.1. The quantitative estimate of drug-likeness (QED) is 0.451.